The van der Waals surface area contributed by atoms with Crippen molar-refractivity contribution in [1.82, 2.24) is 20.0 Å². The minimum absolute atomic E-state index is 0.248. The molecule has 132 valence electrons. The number of aromatic nitrogens is 2. The van der Waals surface area contributed by atoms with E-state index in [1.165, 1.54) is 12.8 Å². The Labute approximate surface area is 147 Å². The Balaban J connectivity index is 1.21. The first-order valence-corrected chi connectivity index (χ1v) is 9.19. The third-order valence-corrected chi connectivity index (χ3v) is 5.00. The van der Waals surface area contributed by atoms with Crippen LogP contribution in [0.25, 0.3) is 11.5 Å². The Hall–Kier alpha value is -2.21. The molecule has 0 unspecified atom stereocenters. The minimum Gasteiger partial charge on any atom is -0.421 e. The summed E-state index contributed by atoms with van der Waals surface area (Å²) in [6.07, 6.45) is 4.62. The number of nitrogens with zero attached hydrogens (tertiary/aromatic N) is 4. The van der Waals surface area contributed by atoms with Gasteiger partial charge in [-0.2, -0.15) is 0 Å². The molecule has 1 saturated carbocycles. The molecular weight excluding hydrogens is 316 g/mol. The summed E-state index contributed by atoms with van der Waals surface area (Å²) in [6, 6.07) is 10.5. The van der Waals surface area contributed by atoms with Crippen molar-refractivity contribution in [2.24, 2.45) is 0 Å². The highest BCUT2D eigenvalue weighted by atomic mass is 16.4. The summed E-state index contributed by atoms with van der Waals surface area (Å²) in [7, 11) is 0. The number of carbonyl (C=O) groups excluding carboxylic acids is 1. The Morgan fingerprint density at radius 1 is 1.08 bits per heavy atom. The van der Waals surface area contributed by atoms with Crippen molar-refractivity contribution in [2.45, 2.75) is 38.1 Å². The van der Waals surface area contributed by atoms with Crippen LogP contribution in [-0.2, 0) is 11.2 Å². The van der Waals surface area contributed by atoms with Gasteiger partial charge in [0.2, 0.25) is 17.7 Å². The van der Waals surface area contributed by atoms with E-state index in [9.17, 15) is 4.79 Å². The summed E-state index contributed by atoms with van der Waals surface area (Å²) < 4.78 is 5.69. The maximum atomic E-state index is 12.3. The number of benzene rings is 1. The number of hydrogen-bond donors (Lipinski definition) is 0. The van der Waals surface area contributed by atoms with Gasteiger partial charge in [0.15, 0.2) is 0 Å². The third kappa shape index (κ3) is 4.07. The molecule has 1 aromatic heterocycles. The minimum atomic E-state index is 0.248. The quantitative estimate of drug-likeness (QED) is 0.808. The van der Waals surface area contributed by atoms with Crippen molar-refractivity contribution in [3.05, 3.63) is 36.2 Å². The molecule has 0 N–H and O–H groups in total. The maximum Gasteiger partial charge on any atom is 0.247 e. The second-order valence-electron chi connectivity index (χ2n) is 6.87. The van der Waals surface area contributed by atoms with E-state index >= 15 is 0 Å². The predicted molar refractivity (Wildman–Crippen MR) is 93.8 cm³/mol. The van der Waals surface area contributed by atoms with Crippen LogP contribution in [0.3, 0.4) is 0 Å². The standard InChI is InChI=1S/C19H24N4O2/c24-18(23-13-11-22(12-14-23)16-9-10-16)8-4-7-17-20-21-19(25-17)15-5-2-1-3-6-15/h1-3,5-6,16H,4,7-14H2. The first kappa shape index (κ1) is 16.3. The molecule has 4 rings (SSSR count). The molecule has 6 heteroatoms. The summed E-state index contributed by atoms with van der Waals surface area (Å²) in [5.41, 5.74) is 0.922. The molecule has 1 aliphatic heterocycles. The van der Waals surface area contributed by atoms with Crippen molar-refractivity contribution >= 4 is 5.91 Å². The van der Waals surface area contributed by atoms with Crippen LogP contribution >= 0.6 is 0 Å². The predicted octanol–water partition coefficient (Wildman–Crippen LogP) is 2.37. The Kier molecular flexibility index (Phi) is 4.78. The SMILES string of the molecule is O=C(CCCc1nnc(-c2ccccc2)o1)N1CCN(C2CC2)CC1. The second kappa shape index (κ2) is 7.35. The van der Waals surface area contributed by atoms with Crippen molar-refractivity contribution in [1.29, 1.82) is 0 Å². The fraction of sp³-hybridized carbons (Fsp3) is 0.526. The molecule has 1 aliphatic carbocycles. The van der Waals surface area contributed by atoms with E-state index in [0.717, 1.165) is 44.2 Å². The molecule has 25 heavy (non-hydrogen) atoms. The lowest BCUT2D eigenvalue weighted by Crippen LogP contribution is -2.49. The van der Waals surface area contributed by atoms with E-state index in [0.29, 0.717) is 24.6 Å². The van der Waals surface area contributed by atoms with Gasteiger partial charge in [-0.25, -0.2) is 0 Å². The highest BCUT2D eigenvalue weighted by Crippen LogP contribution is 2.27. The van der Waals surface area contributed by atoms with Gasteiger partial charge in [0, 0.05) is 50.6 Å². The summed E-state index contributed by atoms with van der Waals surface area (Å²) in [4.78, 5) is 16.9. The maximum absolute atomic E-state index is 12.3. The Bertz CT molecular complexity index is 703. The monoisotopic (exact) mass is 340 g/mol. The smallest absolute Gasteiger partial charge is 0.247 e. The molecule has 0 radical (unpaired) electrons. The molecule has 0 atom stereocenters. The van der Waals surface area contributed by atoms with Crippen molar-refractivity contribution < 1.29 is 9.21 Å². The molecule has 6 nitrogen and oxygen atoms in total. The molecule has 1 saturated heterocycles. The van der Waals surface area contributed by atoms with Gasteiger partial charge >= 0.3 is 0 Å². The summed E-state index contributed by atoms with van der Waals surface area (Å²) in [5.74, 6) is 1.39. The van der Waals surface area contributed by atoms with Crippen LogP contribution in [-0.4, -0.2) is 58.1 Å². The van der Waals surface area contributed by atoms with Crippen LogP contribution in [0.1, 0.15) is 31.6 Å². The highest BCUT2D eigenvalue weighted by Gasteiger charge is 2.32. The van der Waals surface area contributed by atoms with Crippen LogP contribution < -0.4 is 0 Å². The van der Waals surface area contributed by atoms with E-state index in [1.54, 1.807) is 0 Å². The molecular formula is C19H24N4O2. The van der Waals surface area contributed by atoms with Gasteiger partial charge in [-0.1, -0.05) is 18.2 Å². The van der Waals surface area contributed by atoms with Gasteiger partial charge in [-0.15, -0.1) is 10.2 Å². The summed E-state index contributed by atoms with van der Waals surface area (Å²) >= 11 is 0. The first-order valence-electron chi connectivity index (χ1n) is 9.19. The molecule has 1 amide bonds. The number of hydrogen-bond acceptors (Lipinski definition) is 5. The summed E-state index contributed by atoms with van der Waals surface area (Å²) in [5, 5.41) is 8.18. The third-order valence-electron chi connectivity index (χ3n) is 5.00. The van der Waals surface area contributed by atoms with E-state index in [4.69, 9.17) is 4.42 Å². The van der Waals surface area contributed by atoms with Gasteiger partial charge < -0.3 is 9.32 Å². The average Bonchev–Trinajstić information content (AvgIpc) is 3.41. The number of aryl methyl sites for hydroxylation is 1. The molecule has 2 aromatic rings. The van der Waals surface area contributed by atoms with Crippen LogP contribution in [0.5, 0.6) is 0 Å². The van der Waals surface area contributed by atoms with Gasteiger partial charge in [0.25, 0.3) is 0 Å². The molecule has 0 bridgehead atoms. The lowest BCUT2D eigenvalue weighted by molar-refractivity contribution is -0.133. The molecule has 0 spiro atoms. The summed E-state index contributed by atoms with van der Waals surface area (Å²) in [6.45, 7) is 3.79. The number of amides is 1. The number of carbonyl (C=O) groups is 1. The van der Waals surface area contributed by atoms with E-state index in [1.807, 2.05) is 35.2 Å². The zero-order chi connectivity index (χ0) is 17.1. The molecule has 2 fully saturated rings. The fourth-order valence-electron chi connectivity index (χ4n) is 3.38. The normalized spacial score (nSPS) is 18.5. The van der Waals surface area contributed by atoms with Crippen LogP contribution in [0.2, 0.25) is 0 Å². The zero-order valence-electron chi connectivity index (χ0n) is 14.4. The average molecular weight is 340 g/mol. The molecule has 2 aliphatic rings. The van der Waals surface area contributed by atoms with Gasteiger partial charge in [0.05, 0.1) is 0 Å². The second-order valence-corrected chi connectivity index (χ2v) is 6.87. The van der Waals surface area contributed by atoms with E-state index < -0.39 is 0 Å². The van der Waals surface area contributed by atoms with Gasteiger partial charge in [0.1, 0.15) is 0 Å². The topological polar surface area (TPSA) is 62.5 Å². The Morgan fingerprint density at radius 3 is 2.56 bits per heavy atom. The van der Waals surface area contributed by atoms with Crippen molar-refractivity contribution in [2.75, 3.05) is 26.2 Å². The van der Waals surface area contributed by atoms with Gasteiger partial charge in [-0.05, 0) is 31.4 Å². The lowest BCUT2D eigenvalue weighted by Gasteiger charge is -2.34. The van der Waals surface area contributed by atoms with Crippen LogP contribution in [0, 0.1) is 0 Å². The fourth-order valence-corrected chi connectivity index (χ4v) is 3.38. The van der Waals surface area contributed by atoms with E-state index in [-0.39, 0.29) is 5.91 Å². The molecule has 2 heterocycles. The van der Waals surface area contributed by atoms with Crippen LogP contribution in [0.15, 0.2) is 34.7 Å². The van der Waals surface area contributed by atoms with Crippen molar-refractivity contribution in [3.63, 3.8) is 0 Å². The van der Waals surface area contributed by atoms with Crippen LogP contribution in [0.4, 0.5) is 0 Å². The Morgan fingerprint density at radius 2 is 1.84 bits per heavy atom. The van der Waals surface area contributed by atoms with Gasteiger partial charge in [-0.3, -0.25) is 9.69 Å². The molecule has 1 aromatic carbocycles. The zero-order valence-corrected chi connectivity index (χ0v) is 14.4. The first-order chi connectivity index (χ1) is 12.3. The number of piperazine rings is 1. The largest absolute Gasteiger partial charge is 0.421 e. The van der Waals surface area contributed by atoms with Crippen molar-refractivity contribution in [3.8, 4) is 11.5 Å². The lowest BCUT2D eigenvalue weighted by atomic mass is 10.2. The highest BCUT2D eigenvalue weighted by molar-refractivity contribution is 5.76. The van der Waals surface area contributed by atoms with E-state index in [2.05, 4.69) is 15.1 Å². The number of rotatable bonds is 6.